The minimum absolute atomic E-state index is 0.0761. The molecule has 0 bridgehead atoms. The van der Waals surface area contributed by atoms with Gasteiger partial charge in [0.05, 0.1) is 10.6 Å². The molecule has 0 aromatic carbocycles. The maximum absolute atomic E-state index is 13.9. The SMILES string of the molecule is CCN1CCC[C@H](N(C(=O)C2CCC(C)CC2)c2cc(C#CC(C)(C)C)sc2C(=O)O)C1=O. The van der Waals surface area contributed by atoms with Gasteiger partial charge in [0, 0.05) is 24.4 Å². The van der Waals surface area contributed by atoms with Gasteiger partial charge in [-0.05, 0) is 78.2 Å². The van der Waals surface area contributed by atoms with E-state index in [2.05, 4.69) is 18.8 Å². The Bertz CT molecular complexity index is 957. The number of piperidine rings is 1. The van der Waals surface area contributed by atoms with E-state index in [1.54, 1.807) is 11.0 Å². The van der Waals surface area contributed by atoms with Crippen LogP contribution in [0.4, 0.5) is 5.69 Å². The number of amides is 2. The molecule has 0 spiro atoms. The number of anilines is 1. The number of carbonyl (C=O) groups is 3. The lowest BCUT2D eigenvalue weighted by molar-refractivity contribution is -0.137. The van der Waals surface area contributed by atoms with Gasteiger partial charge in [0.2, 0.25) is 11.8 Å². The number of rotatable bonds is 5. The lowest BCUT2D eigenvalue weighted by Crippen LogP contribution is -2.56. The Hall–Kier alpha value is -2.33. The van der Waals surface area contributed by atoms with Crippen LogP contribution >= 0.6 is 11.3 Å². The molecule has 33 heavy (non-hydrogen) atoms. The number of likely N-dealkylation sites (N-methyl/N-ethyl adjacent to an activating group) is 1. The molecule has 2 heterocycles. The Balaban J connectivity index is 2.07. The fourth-order valence-corrected chi connectivity index (χ4v) is 5.48. The Kier molecular flexibility index (Phi) is 7.89. The fraction of sp³-hybridized carbons (Fsp3) is 0.654. The average Bonchev–Trinajstić information content (AvgIpc) is 3.18. The lowest BCUT2D eigenvalue weighted by Gasteiger charge is -2.40. The number of hydrogen-bond donors (Lipinski definition) is 1. The van der Waals surface area contributed by atoms with Crippen LogP contribution in [-0.4, -0.2) is 46.9 Å². The minimum atomic E-state index is -1.09. The zero-order valence-corrected chi connectivity index (χ0v) is 21.3. The summed E-state index contributed by atoms with van der Waals surface area (Å²) in [6.45, 7) is 11.4. The highest BCUT2D eigenvalue weighted by Crippen LogP contribution is 2.37. The molecule has 1 aromatic rings. The molecule has 1 aromatic heterocycles. The highest BCUT2D eigenvalue weighted by molar-refractivity contribution is 7.15. The number of carboxylic acids is 1. The Morgan fingerprint density at radius 3 is 2.45 bits per heavy atom. The predicted octanol–water partition coefficient (Wildman–Crippen LogP) is 5.01. The van der Waals surface area contributed by atoms with Crippen LogP contribution in [-0.2, 0) is 9.59 Å². The molecule has 1 saturated carbocycles. The van der Waals surface area contributed by atoms with Crippen molar-refractivity contribution < 1.29 is 19.5 Å². The van der Waals surface area contributed by atoms with Gasteiger partial charge in [0.1, 0.15) is 10.9 Å². The molecule has 0 unspecified atom stereocenters. The fourth-order valence-electron chi connectivity index (χ4n) is 4.64. The van der Waals surface area contributed by atoms with Crippen LogP contribution in [0.25, 0.3) is 0 Å². The topological polar surface area (TPSA) is 77.9 Å². The van der Waals surface area contributed by atoms with Gasteiger partial charge < -0.3 is 10.0 Å². The van der Waals surface area contributed by atoms with E-state index in [4.69, 9.17) is 0 Å². The summed E-state index contributed by atoms with van der Waals surface area (Å²) in [4.78, 5) is 43.4. The summed E-state index contributed by atoms with van der Waals surface area (Å²) in [6, 6.07) is 1.04. The second-order valence-electron chi connectivity index (χ2n) is 10.4. The molecule has 1 aliphatic heterocycles. The van der Waals surface area contributed by atoms with Crippen molar-refractivity contribution in [3.8, 4) is 11.8 Å². The highest BCUT2D eigenvalue weighted by Gasteiger charge is 2.41. The van der Waals surface area contributed by atoms with Gasteiger partial charge in [-0.1, -0.05) is 18.8 Å². The summed E-state index contributed by atoms with van der Waals surface area (Å²) >= 11 is 1.08. The summed E-state index contributed by atoms with van der Waals surface area (Å²) in [5.41, 5.74) is 0.0913. The molecule has 1 saturated heterocycles. The van der Waals surface area contributed by atoms with Crippen molar-refractivity contribution in [2.45, 2.75) is 79.2 Å². The third kappa shape index (κ3) is 5.97. The maximum Gasteiger partial charge on any atom is 0.348 e. The number of hydrogen-bond acceptors (Lipinski definition) is 4. The monoisotopic (exact) mass is 472 g/mol. The summed E-state index contributed by atoms with van der Waals surface area (Å²) in [7, 11) is 0. The zero-order chi connectivity index (χ0) is 24.3. The molecule has 2 fully saturated rings. The van der Waals surface area contributed by atoms with E-state index in [1.165, 1.54) is 4.90 Å². The summed E-state index contributed by atoms with van der Waals surface area (Å²) in [5.74, 6) is 5.34. The first-order valence-electron chi connectivity index (χ1n) is 12.0. The van der Waals surface area contributed by atoms with E-state index >= 15 is 0 Å². The second kappa shape index (κ2) is 10.3. The number of thiophene rings is 1. The quantitative estimate of drug-likeness (QED) is 0.611. The van der Waals surface area contributed by atoms with Crippen molar-refractivity contribution in [3.63, 3.8) is 0 Å². The maximum atomic E-state index is 13.9. The predicted molar refractivity (Wildman–Crippen MR) is 131 cm³/mol. The van der Waals surface area contributed by atoms with E-state index in [0.29, 0.717) is 36.0 Å². The second-order valence-corrected chi connectivity index (χ2v) is 11.4. The highest BCUT2D eigenvalue weighted by atomic mass is 32.1. The molecule has 2 amide bonds. The van der Waals surface area contributed by atoms with Crippen LogP contribution in [0.1, 0.15) is 87.7 Å². The molecule has 6 nitrogen and oxygen atoms in total. The van der Waals surface area contributed by atoms with Gasteiger partial charge in [-0.2, -0.15) is 0 Å². The van der Waals surface area contributed by atoms with Gasteiger partial charge >= 0.3 is 5.97 Å². The molecular formula is C26H36N2O4S. The molecule has 0 radical (unpaired) electrons. The minimum Gasteiger partial charge on any atom is -0.477 e. The van der Waals surface area contributed by atoms with Crippen LogP contribution < -0.4 is 4.90 Å². The third-order valence-corrected chi connectivity index (χ3v) is 7.55. The number of aromatic carboxylic acids is 1. The zero-order valence-electron chi connectivity index (χ0n) is 20.4. The number of likely N-dealkylation sites (tertiary alicyclic amines) is 1. The van der Waals surface area contributed by atoms with Gasteiger partial charge in [-0.3, -0.25) is 14.5 Å². The standard InChI is InChI=1S/C26H36N2O4S/c1-6-27-15-7-8-20(24(27)30)28(23(29)18-11-9-17(2)10-12-18)21-16-19(13-14-26(3,4)5)33-22(21)25(31)32/h16-18,20H,6-12,15H2,1-5H3,(H,31,32)/t17?,18?,20-/m0/s1. The van der Waals surface area contributed by atoms with E-state index in [-0.39, 0.29) is 28.0 Å². The largest absolute Gasteiger partial charge is 0.477 e. The summed E-state index contributed by atoms with van der Waals surface area (Å²) in [6.07, 6.45) is 4.83. The number of nitrogens with zero attached hydrogens (tertiary/aromatic N) is 2. The van der Waals surface area contributed by atoms with Crippen LogP contribution in [0.15, 0.2) is 6.07 Å². The summed E-state index contributed by atoms with van der Waals surface area (Å²) < 4.78 is 0. The van der Waals surface area contributed by atoms with Crippen molar-refractivity contribution in [1.29, 1.82) is 0 Å². The van der Waals surface area contributed by atoms with Gasteiger partial charge in [0.15, 0.2) is 0 Å². The van der Waals surface area contributed by atoms with Crippen LogP contribution in [0.3, 0.4) is 0 Å². The molecule has 1 atom stereocenters. The van der Waals surface area contributed by atoms with Gasteiger partial charge in [0.25, 0.3) is 0 Å². The van der Waals surface area contributed by atoms with E-state index in [0.717, 1.165) is 43.4 Å². The van der Waals surface area contributed by atoms with Crippen molar-refractivity contribution >= 4 is 34.8 Å². The molecule has 1 N–H and O–H groups in total. The summed E-state index contributed by atoms with van der Waals surface area (Å²) in [5, 5.41) is 9.97. The van der Waals surface area contributed by atoms with E-state index in [1.807, 2.05) is 27.7 Å². The first kappa shape index (κ1) is 25.3. The van der Waals surface area contributed by atoms with E-state index < -0.39 is 12.0 Å². The normalized spacial score (nSPS) is 23.6. The molecule has 2 aliphatic rings. The number of carboxylic acid groups (broad SMARTS) is 1. The van der Waals surface area contributed by atoms with Crippen LogP contribution in [0.2, 0.25) is 0 Å². The molecule has 180 valence electrons. The third-order valence-electron chi connectivity index (χ3n) is 6.53. The first-order valence-corrected chi connectivity index (χ1v) is 12.9. The van der Waals surface area contributed by atoms with Crippen LogP contribution in [0.5, 0.6) is 0 Å². The van der Waals surface area contributed by atoms with Gasteiger partial charge in [-0.15, -0.1) is 11.3 Å². The lowest BCUT2D eigenvalue weighted by atomic mass is 9.82. The van der Waals surface area contributed by atoms with E-state index in [9.17, 15) is 19.5 Å². The van der Waals surface area contributed by atoms with Crippen LogP contribution in [0, 0.1) is 29.1 Å². The smallest absolute Gasteiger partial charge is 0.348 e. The molecule has 7 heteroatoms. The first-order chi connectivity index (χ1) is 15.5. The van der Waals surface area contributed by atoms with Crippen molar-refractivity contribution in [2.75, 3.05) is 18.0 Å². The van der Waals surface area contributed by atoms with Crippen molar-refractivity contribution in [1.82, 2.24) is 4.90 Å². The van der Waals surface area contributed by atoms with Gasteiger partial charge in [-0.25, -0.2) is 4.79 Å². The molecular weight excluding hydrogens is 436 g/mol. The Morgan fingerprint density at radius 2 is 1.88 bits per heavy atom. The average molecular weight is 473 g/mol. The molecule has 3 rings (SSSR count). The van der Waals surface area contributed by atoms with Crippen molar-refractivity contribution in [2.24, 2.45) is 17.3 Å². The Labute approximate surface area is 201 Å². The Morgan fingerprint density at radius 1 is 1.21 bits per heavy atom. The van der Waals surface area contributed by atoms with Crippen molar-refractivity contribution in [3.05, 3.63) is 15.8 Å². The number of carbonyl (C=O) groups excluding carboxylic acids is 2. The molecule has 1 aliphatic carbocycles.